The molecule has 0 saturated heterocycles. The summed E-state index contributed by atoms with van der Waals surface area (Å²) in [6.07, 6.45) is 74.7. The van der Waals surface area contributed by atoms with Gasteiger partial charge in [-0.3, -0.25) is 13.8 Å². The number of ether oxygens (including phenoxy) is 2. The van der Waals surface area contributed by atoms with E-state index in [4.69, 9.17) is 18.5 Å². The quantitative estimate of drug-likeness (QED) is 0.0213. The lowest BCUT2D eigenvalue weighted by molar-refractivity contribution is -0.870. The van der Waals surface area contributed by atoms with Crippen LogP contribution >= 0.6 is 7.82 Å². The van der Waals surface area contributed by atoms with Crippen molar-refractivity contribution in [3.63, 3.8) is 0 Å². The van der Waals surface area contributed by atoms with E-state index in [0.29, 0.717) is 24.1 Å². The normalized spacial score (nSPS) is 14.2. The lowest BCUT2D eigenvalue weighted by atomic mass is 10.0. The van der Waals surface area contributed by atoms with E-state index in [9.17, 15) is 14.3 Å². The van der Waals surface area contributed by atoms with Gasteiger partial charge in [0.1, 0.15) is 19.3 Å². The van der Waals surface area contributed by atoms with Crippen LogP contribution in [-0.4, -0.2) is 75.6 Å². The number of phosphoric acid groups is 1. The van der Waals surface area contributed by atoms with Crippen molar-refractivity contribution in [2.45, 2.75) is 238 Å². The highest BCUT2D eigenvalue weighted by molar-refractivity contribution is 7.47. The highest BCUT2D eigenvalue weighted by Gasteiger charge is 2.26. The molecule has 0 aliphatic heterocycles. The molecule has 0 aromatic heterocycles. The van der Waals surface area contributed by atoms with Gasteiger partial charge in [0.05, 0.1) is 34.4 Å². The number of hydrogen-bond acceptors (Lipinski definition) is 6. The van der Waals surface area contributed by atoms with Gasteiger partial charge < -0.3 is 18.9 Å². The Morgan fingerprint density at radius 2 is 0.817 bits per heavy atom. The zero-order chi connectivity index (χ0) is 51.9. The molecular weight excluding hydrogens is 902 g/mol. The number of carbonyl (C=O) groups is 1. The first-order chi connectivity index (χ1) is 34.6. The maximum atomic E-state index is 12.8. The summed E-state index contributed by atoms with van der Waals surface area (Å²) in [6.45, 7) is 5.45. The number of likely N-dealkylation sites (N-methyl/N-ethyl adjacent to an activating group) is 1. The molecule has 0 bridgehead atoms. The molecule has 0 heterocycles. The molecule has 9 heteroatoms. The van der Waals surface area contributed by atoms with Gasteiger partial charge in [-0.05, 0) is 96.3 Å². The first-order valence-corrected chi connectivity index (χ1v) is 30.5. The zero-order valence-corrected chi connectivity index (χ0v) is 47.6. The smallest absolute Gasteiger partial charge is 0.457 e. The summed E-state index contributed by atoms with van der Waals surface area (Å²) in [7, 11) is 1.64. The number of phosphoric ester groups is 1. The molecule has 410 valence electrons. The summed E-state index contributed by atoms with van der Waals surface area (Å²) in [5, 5.41) is 0. The van der Waals surface area contributed by atoms with Gasteiger partial charge in [-0.1, -0.05) is 227 Å². The van der Waals surface area contributed by atoms with Crippen molar-refractivity contribution in [3.8, 4) is 0 Å². The Labute approximate surface area is 438 Å². The largest absolute Gasteiger partial charge is 0.472 e. The second kappa shape index (κ2) is 53.7. The number of unbranched alkanes of at least 4 members (excludes halogenated alkanes) is 23. The third kappa shape index (κ3) is 58.2. The molecule has 0 fully saturated rings. The van der Waals surface area contributed by atoms with Crippen LogP contribution in [-0.2, 0) is 27.9 Å². The van der Waals surface area contributed by atoms with Crippen molar-refractivity contribution in [1.29, 1.82) is 0 Å². The van der Waals surface area contributed by atoms with Crippen molar-refractivity contribution in [2.75, 3.05) is 54.1 Å². The van der Waals surface area contributed by atoms with Crippen LogP contribution in [0.1, 0.15) is 232 Å². The standard InChI is InChI=1S/C62H110NO7P/c1-6-8-10-12-14-16-18-20-22-24-26-28-30-32-33-35-37-39-41-43-45-47-49-51-53-55-62(64)70-61(60-69-71(65,66)68-58-56-63(3,4)5)59-67-57-54-52-50-48-46-44-42-40-38-36-34-31-29-27-25-23-21-19-17-15-13-11-9-7-2/h9,11,15,17-18,20-21,23-24,26-27,29,34,36,40,42,61H,6-8,10,12-14,16,19,22,25,28,30-33,35,37-39,41,43-60H2,1-5H3/p+1/b11-9-,17-15-,20-18-,23-21-,26-24-,29-27-,36-34-,42-40-. The molecule has 0 saturated carbocycles. The fourth-order valence-corrected chi connectivity index (χ4v) is 8.45. The number of hydrogen-bond donors (Lipinski definition) is 1. The maximum absolute atomic E-state index is 12.8. The SMILES string of the molecule is CC/C=C\C/C=C\C/C=C\C/C=C\C/C=C\C/C=C\CCCCCCCOCC(COP(=O)(O)OCC[N+](C)(C)C)OC(=O)CCCCCCCCCCCCCCC/C=C\C/C=C\CCCCCCC. The number of esters is 1. The van der Waals surface area contributed by atoms with Gasteiger partial charge in [0.25, 0.3) is 0 Å². The monoisotopic (exact) mass is 1010 g/mol. The highest BCUT2D eigenvalue weighted by atomic mass is 31.2. The van der Waals surface area contributed by atoms with Crippen LogP contribution in [0.15, 0.2) is 97.2 Å². The van der Waals surface area contributed by atoms with Gasteiger partial charge in [0.2, 0.25) is 0 Å². The molecule has 2 atom stereocenters. The van der Waals surface area contributed by atoms with Crippen LogP contribution in [0.3, 0.4) is 0 Å². The Bertz CT molecular complexity index is 1460. The molecule has 8 nitrogen and oxygen atoms in total. The lowest BCUT2D eigenvalue weighted by Crippen LogP contribution is -2.37. The van der Waals surface area contributed by atoms with E-state index in [1.807, 2.05) is 21.1 Å². The number of allylic oxidation sites excluding steroid dienone is 16. The molecule has 0 rings (SSSR count). The third-order valence-corrected chi connectivity index (χ3v) is 13.1. The molecule has 0 spiro atoms. The molecule has 0 amide bonds. The Hall–Kier alpha value is -2.58. The van der Waals surface area contributed by atoms with Crippen molar-refractivity contribution >= 4 is 13.8 Å². The first-order valence-electron chi connectivity index (χ1n) is 29.0. The van der Waals surface area contributed by atoms with E-state index in [1.54, 1.807) is 0 Å². The number of carbonyl (C=O) groups excluding carboxylic acids is 1. The fourth-order valence-electron chi connectivity index (χ4n) is 7.71. The topological polar surface area (TPSA) is 91.3 Å². The predicted molar refractivity (Wildman–Crippen MR) is 307 cm³/mol. The molecule has 0 aliphatic rings. The summed E-state index contributed by atoms with van der Waals surface area (Å²) in [6, 6.07) is 0. The fraction of sp³-hybridized carbons (Fsp3) is 0.726. The molecule has 1 N–H and O–H groups in total. The van der Waals surface area contributed by atoms with Crippen molar-refractivity contribution in [3.05, 3.63) is 97.2 Å². The Morgan fingerprint density at radius 1 is 0.451 bits per heavy atom. The van der Waals surface area contributed by atoms with Gasteiger partial charge in [-0.15, -0.1) is 0 Å². The van der Waals surface area contributed by atoms with Crippen LogP contribution in [0.25, 0.3) is 0 Å². The molecule has 2 unspecified atom stereocenters. The van der Waals surface area contributed by atoms with Crippen molar-refractivity contribution in [2.24, 2.45) is 0 Å². The van der Waals surface area contributed by atoms with E-state index >= 15 is 0 Å². The average molecular weight is 1010 g/mol. The van der Waals surface area contributed by atoms with E-state index in [1.165, 1.54) is 122 Å². The average Bonchev–Trinajstić information content (AvgIpc) is 3.33. The summed E-state index contributed by atoms with van der Waals surface area (Å²) < 4.78 is 35.2. The summed E-state index contributed by atoms with van der Waals surface area (Å²) >= 11 is 0. The third-order valence-electron chi connectivity index (χ3n) is 12.1. The van der Waals surface area contributed by atoms with E-state index < -0.39 is 13.9 Å². The maximum Gasteiger partial charge on any atom is 0.472 e. The number of rotatable bonds is 53. The molecule has 0 radical (unpaired) electrons. The van der Waals surface area contributed by atoms with Gasteiger partial charge in [0.15, 0.2) is 0 Å². The Balaban J connectivity index is 4.14. The van der Waals surface area contributed by atoms with E-state index in [0.717, 1.165) is 89.9 Å². The molecular formula is C62H111NO7P+. The second-order valence-electron chi connectivity index (χ2n) is 20.3. The van der Waals surface area contributed by atoms with Crippen LogP contribution in [0.4, 0.5) is 0 Å². The first kappa shape index (κ1) is 68.4. The van der Waals surface area contributed by atoms with Gasteiger partial charge in [0, 0.05) is 13.0 Å². The summed E-state index contributed by atoms with van der Waals surface area (Å²) in [4.78, 5) is 23.1. The van der Waals surface area contributed by atoms with Gasteiger partial charge >= 0.3 is 13.8 Å². The lowest BCUT2D eigenvalue weighted by Gasteiger charge is -2.24. The van der Waals surface area contributed by atoms with Crippen LogP contribution < -0.4 is 0 Å². The Kier molecular flexibility index (Phi) is 51.8. The summed E-state index contributed by atoms with van der Waals surface area (Å²) in [5.41, 5.74) is 0. The minimum atomic E-state index is -4.30. The predicted octanol–water partition coefficient (Wildman–Crippen LogP) is 18.5. The minimum Gasteiger partial charge on any atom is -0.457 e. The number of nitrogens with zero attached hydrogens (tertiary/aromatic N) is 1. The van der Waals surface area contributed by atoms with Crippen molar-refractivity contribution in [1.82, 2.24) is 0 Å². The minimum absolute atomic E-state index is 0.0796. The van der Waals surface area contributed by atoms with Crippen molar-refractivity contribution < 1.29 is 37.3 Å². The molecule has 0 aromatic rings. The summed E-state index contributed by atoms with van der Waals surface area (Å²) in [5.74, 6) is -0.323. The second-order valence-corrected chi connectivity index (χ2v) is 21.7. The van der Waals surface area contributed by atoms with Gasteiger partial charge in [-0.25, -0.2) is 4.57 Å². The molecule has 71 heavy (non-hydrogen) atoms. The van der Waals surface area contributed by atoms with E-state index in [2.05, 4.69) is 111 Å². The van der Waals surface area contributed by atoms with Gasteiger partial charge in [-0.2, -0.15) is 0 Å². The van der Waals surface area contributed by atoms with Crippen LogP contribution in [0, 0.1) is 0 Å². The molecule has 0 aromatic carbocycles. The van der Waals surface area contributed by atoms with Crippen LogP contribution in [0.2, 0.25) is 0 Å². The number of quaternary nitrogens is 1. The zero-order valence-electron chi connectivity index (χ0n) is 46.7. The highest BCUT2D eigenvalue weighted by Crippen LogP contribution is 2.43. The molecule has 0 aliphatic carbocycles. The van der Waals surface area contributed by atoms with E-state index in [-0.39, 0.29) is 25.8 Å². The van der Waals surface area contributed by atoms with Crippen LogP contribution in [0.5, 0.6) is 0 Å². The Morgan fingerprint density at radius 3 is 1.23 bits per heavy atom.